The number of nitrogens with zero attached hydrogens (tertiary/aromatic N) is 6. The van der Waals surface area contributed by atoms with Gasteiger partial charge in [-0.2, -0.15) is 21.0 Å². The summed E-state index contributed by atoms with van der Waals surface area (Å²) in [5.74, 6) is 0. The summed E-state index contributed by atoms with van der Waals surface area (Å²) >= 11 is 0. The van der Waals surface area contributed by atoms with E-state index in [-0.39, 0.29) is 27.3 Å². The Morgan fingerprint density at radius 1 is 0.643 bits per heavy atom. The Balaban J connectivity index is -0.0000000883. The summed E-state index contributed by atoms with van der Waals surface area (Å²) in [6.07, 6.45) is 0. The van der Waals surface area contributed by atoms with Gasteiger partial charge in [-0.3, -0.25) is 0 Å². The van der Waals surface area contributed by atoms with Crippen LogP contribution < -0.4 is 0 Å². The van der Waals surface area contributed by atoms with Gasteiger partial charge in [0.05, 0.1) is 0 Å². The van der Waals surface area contributed by atoms with Crippen molar-refractivity contribution in [3.8, 4) is 24.3 Å². The molecule has 0 aliphatic carbocycles. The van der Waals surface area contributed by atoms with Crippen LogP contribution in [0.5, 0.6) is 0 Å². The van der Waals surface area contributed by atoms with Gasteiger partial charge in [-0.25, -0.2) is 0 Å². The van der Waals surface area contributed by atoms with Crippen LogP contribution in [0.15, 0.2) is 0 Å². The molecule has 0 aliphatic heterocycles. The maximum Gasteiger partial charge on any atom is 2.00 e. The minimum atomic E-state index is -2.11. The summed E-state index contributed by atoms with van der Waals surface area (Å²) in [7, 11) is 0. The van der Waals surface area contributed by atoms with Crippen molar-refractivity contribution in [1.82, 2.24) is 0 Å². The molecule has 0 aromatic heterocycles. The molecule has 0 amide bonds. The molecule has 6 nitrogen and oxygen atoms in total. The number of hydrogen-bond donors (Lipinski definition) is 0. The van der Waals surface area contributed by atoms with Crippen molar-refractivity contribution in [2.24, 2.45) is 5.41 Å². The van der Waals surface area contributed by atoms with E-state index in [1.54, 1.807) is 0 Å². The predicted octanol–water partition coefficient (Wildman–Crippen LogP) is 0.257. The zero-order chi connectivity index (χ0) is 11.3. The summed E-state index contributed by atoms with van der Waals surface area (Å²) in [6, 6.07) is 5.12. The van der Waals surface area contributed by atoms with Crippen molar-refractivity contribution < 1.29 is 27.3 Å². The van der Waals surface area contributed by atoms with Crippen LogP contribution in [0, 0.1) is 74.4 Å². The van der Waals surface area contributed by atoms with Gasteiger partial charge in [0, 0.05) is 0 Å². The molecular weight excluding hydrogens is 281 g/mol. The third-order valence-electron chi connectivity index (χ3n) is 0.671. The minimum absolute atomic E-state index is 0. The van der Waals surface area contributed by atoms with E-state index in [1.165, 1.54) is 24.3 Å². The van der Waals surface area contributed by atoms with Gasteiger partial charge in [-0.05, 0) is 0 Å². The molecule has 0 unspecified atom stereocenters. The first-order valence-electron chi connectivity index (χ1n) is 2.34. The van der Waals surface area contributed by atoms with Gasteiger partial charge in [0.15, 0.2) is 0 Å². The zero-order valence-electron chi connectivity index (χ0n) is 6.89. The van der Waals surface area contributed by atoms with Crippen LogP contribution in [0.25, 0.3) is 0 Å². The molecule has 0 atom stereocenters. The molecule has 0 spiro atoms. The smallest absolute Gasteiger partial charge is 0.512 e. The van der Waals surface area contributed by atoms with Crippen LogP contribution >= 0.6 is 0 Å². The summed E-state index contributed by atoms with van der Waals surface area (Å²) in [4.78, 5) is 0. The molecule has 7 heteroatoms. The van der Waals surface area contributed by atoms with Gasteiger partial charge >= 0.3 is 32.7 Å². The van der Waals surface area contributed by atoms with Crippen LogP contribution in [-0.2, 0) is 27.3 Å². The fourth-order valence-electron chi connectivity index (χ4n) is 0.150. The predicted molar refractivity (Wildman–Crippen MR) is 34.8 cm³/mol. The van der Waals surface area contributed by atoms with E-state index in [9.17, 15) is 0 Å². The van der Waals surface area contributed by atoms with Gasteiger partial charge in [0.2, 0.25) is 0 Å². The number of hydrogen-bond acceptors (Lipinski definition) is 6. The van der Waals surface area contributed by atoms with Crippen molar-refractivity contribution in [3.63, 3.8) is 0 Å². The van der Waals surface area contributed by atoms with Crippen molar-refractivity contribution >= 4 is 0 Å². The first kappa shape index (κ1) is 22.6. The van der Waals surface area contributed by atoms with Crippen LogP contribution in [0.2, 0.25) is 0 Å². The van der Waals surface area contributed by atoms with Crippen LogP contribution in [0.1, 0.15) is 0 Å². The molecule has 60 valence electrons. The van der Waals surface area contributed by atoms with E-state index >= 15 is 0 Å². The molecule has 0 rings (SSSR count). The maximum absolute atomic E-state index is 8.06. The quantitative estimate of drug-likeness (QED) is 0.460. The molecule has 14 heavy (non-hydrogen) atoms. The van der Waals surface area contributed by atoms with Gasteiger partial charge in [0.1, 0.15) is 24.3 Å². The molecule has 0 fully saturated rings. The van der Waals surface area contributed by atoms with Crippen molar-refractivity contribution in [3.05, 3.63) is 13.1 Å². The Morgan fingerprint density at radius 2 is 0.786 bits per heavy atom. The second kappa shape index (κ2) is 17.1. The first-order valence-corrected chi connectivity index (χ1v) is 2.34. The van der Waals surface area contributed by atoms with E-state index in [1.807, 2.05) is 0 Å². The van der Waals surface area contributed by atoms with E-state index in [2.05, 4.69) is 0 Å². The fourth-order valence-corrected chi connectivity index (χ4v) is 0.150. The van der Waals surface area contributed by atoms with Gasteiger partial charge in [-0.1, -0.05) is 0 Å². The number of nitriles is 4. The second-order valence-electron chi connectivity index (χ2n) is 1.20. The van der Waals surface area contributed by atoms with Crippen molar-refractivity contribution in [1.29, 1.82) is 31.6 Å². The monoisotopic (exact) mass is 282 g/mol. The third-order valence-corrected chi connectivity index (χ3v) is 0.671. The maximum atomic E-state index is 8.06. The Morgan fingerprint density at radius 3 is 0.786 bits per heavy atom. The SMILES string of the molecule is N#CC(C#N)(C#N)C#N.[C-]#N.[C-]#N.[Cd+2]. The van der Waals surface area contributed by atoms with E-state index in [0.29, 0.717) is 0 Å². The standard InChI is InChI=1S/C5N4.2CN.Cd/c6-1-5(2-7,3-8)4-9;2*1-2;/q;2*-1;+2. The van der Waals surface area contributed by atoms with Gasteiger partial charge < -0.3 is 23.7 Å². The average Bonchev–Trinajstić information content (AvgIpc) is 2.28. The fraction of sp³-hybridized carbons (Fsp3) is 0.143. The number of rotatable bonds is 0. The summed E-state index contributed by atoms with van der Waals surface area (Å²) in [5, 5.41) is 44.7. The first-order chi connectivity index (χ1) is 6.24. The Labute approximate surface area is 102 Å². The summed E-state index contributed by atoms with van der Waals surface area (Å²) in [6.45, 7) is 9.50. The van der Waals surface area contributed by atoms with E-state index < -0.39 is 5.41 Å². The van der Waals surface area contributed by atoms with E-state index in [0.717, 1.165) is 0 Å². The molecule has 0 radical (unpaired) electrons. The minimum Gasteiger partial charge on any atom is -0.512 e. The zero-order valence-corrected chi connectivity index (χ0v) is 10.9. The molecule has 0 N–H and O–H groups in total. The second-order valence-corrected chi connectivity index (χ2v) is 1.20. The molecule has 0 heterocycles. The van der Waals surface area contributed by atoms with Crippen molar-refractivity contribution in [2.75, 3.05) is 0 Å². The summed E-state index contributed by atoms with van der Waals surface area (Å²) < 4.78 is 0. The topological polar surface area (TPSA) is 143 Å². The Hall–Kier alpha value is -2.14. The molecule has 0 saturated carbocycles. The molecule has 0 saturated heterocycles. The molecule has 0 aromatic rings. The normalized spacial score (nSPS) is 5.14. The van der Waals surface area contributed by atoms with Gasteiger partial charge in [0.25, 0.3) is 0 Å². The third kappa shape index (κ3) is 7.96. The molecule has 0 aliphatic rings. The molecular formula is C7CdN6. The summed E-state index contributed by atoms with van der Waals surface area (Å²) in [5.41, 5.74) is -2.11. The largest absolute Gasteiger partial charge is 2.00 e. The van der Waals surface area contributed by atoms with Crippen LogP contribution in [0.3, 0.4) is 0 Å². The molecule has 0 aromatic carbocycles. The van der Waals surface area contributed by atoms with E-state index in [4.69, 9.17) is 44.7 Å². The average molecular weight is 281 g/mol. The van der Waals surface area contributed by atoms with Crippen LogP contribution in [0.4, 0.5) is 0 Å². The van der Waals surface area contributed by atoms with Crippen molar-refractivity contribution in [2.45, 2.75) is 0 Å². The Kier molecular flexibility index (Phi) is 27.6. The van der Waals surface area contributed by atoms with Gasteiger partial charge in [-0.15, -0.1) is 0 Å². The Bertz CT molecular complexity index is 273. The molecule has 0 bridgehead atoms. The van der Waals surface area contributed by atoms with Crippen LogP contribution in [-0.4, -0.2) is 0 Å².